The van der Waals surface area contributed by atoms with E-state index in [1.54, 1.807) is 12.1 Å². The standard InChI is InChI=1S/C21H26FNO2/c1-16(18-5-2-4-17(12-18)14-24)23-15-21(8-10-25-11-9-21)19-6-3-7-20(22)13-19/h2-7,12-13,16,23-24H,8-11,14-15H2,1H3. The van der Waals surface area contributed by atoms with Gasteiger partial charge in [0.25, 0.3) is 0 Å². The topological polar surface area (TPSA) is 41.5 Å². The van der Waals surface area contributed by atoms with Crippen molar-refractivity contribution in [2.24, 2.45) is 0 Å². The van der Waals surface area contributed by atoms with E-state index in [1.807, 2.05) is 24.3 Å². The SMILES string of the molecule is CC(NCC1(c2cccc(F)c2)CCOCC1)c1cccc(CO)c1. The first-order valence-corrected chi connectivity index (χ1v) is 8.90. The lowest BCUT2D eigenvalue weighted by Gasteiger charge is -2.39. The van der Waals surface area contributed by atoms with E-state index in [2.05, 4.69) is 18.3 Å². The summed E-state index contributed by atoms with van der Waals surface area (Å²) in [7, 11) is 0. The molecule has 0 radical (unpaired) electrons. The van der Waals surface area contributed by atoms with Gasteiger partial charge in [-0.3, -0.25) is 0 Å². The molecule has 1 aliphatic heterocycles. The summed E-state index contributed by atoms with van der Waals surface area (Å²) < 4.78 is 19.3. The van der Waals surface area contributed by atoms with Crippen molar-refractivity contribution >= 4 is 0 Å². The fourth-order valence-electron chi connectivity index (χ4n) is 3.58. The summed E-state index contributed by atoms with van der Waals surface area (Å²) in [5.74, 6) is -0.188. The van der Waals surface area contributed by atoms with E-state index in [4.69, 9.17) is 4.74 Å². The molecule has 2 N–H and O–H groups in total. The number of hydrogen-bond donors (Lipinski definition) is 2. The number of rotatable bonds is 6. The summed E-state index contributed by atoms with van der Waals surface area (Å²) >= 11 is 0. The lowest BCUT2D eigenvalue weighted by atomic mass is 9.74. The Kier molecular flexibility index (Phi) is 5.84. The van der Waals surface area contributed by atoms with E-state index < -0.39 is 0 Å². The highest BCUT2D eigenvalue weighted by Gasteiger charge is 2.34. The maximum Gasteiger partial charge on any atom is 0.123 e. The zero-order valence-corrected chi connectivity index (χ0v) is 14.7. The maximum atomic E-state index is 13.8. The van der Waals surface area contributed by atoms with Crippen molar-refractivity contribution in [3.05, 3.63) is 71.0 Å². The van der Waals surface area contributed by atoms with Crippen LogP contribution in [0.15, 0.2) is 48.5 Å². The average molecular weight is 343 g/mol. The smallest absolute Gasteiger partial charge is 0.123 e. The van der Waals surface area contributed by atoms with E-state index in [1.165, 1.54) is 6.07 Å². The Morgan fingerprint density at radius 1 is 1.16 bits per heavy atom. The zero-order chi connectivity index (χ0) is 17.7. The zero-order valence-electron chi connectivity index (χ0n) is 14.7. The lowest BCUT2D eigenvalue weighted by molar-refractivity contribution is 0.0489. The molecule has 1 heterocycles. The third-order valence-electron chi connectivity index (χ3n) is 5.27. The summed E-state index contributed by atoms with van der Waals surface area (Å²) in [5, 5.41) is 12.9. The molecule has 2 aromatic carbocycles. The lowest BCUT2D eigenvalue weighted by Crippen LogP contribution is -2.43. The van der Waals surface area contributed by atoms with E-state index in [0.717, 1.165) is 36.1 Å². The van der Waals surface area contributed by atoms with Crippen molar-refractivity contribution in [3.63, 3.8) is 0 Å². The second kappa shape index (κ2) is 8.09. The molecule has 25 heavy (non-hydrogen) atoms. The minimum absolute atomic E-state index is 0.0468. The quantitative estimate of drug-likeness (QED) is 0.840. The van der Waals surface area contributed by atoms with Crippen LogP contribution in [-0.4, -0.2) is 24.9 Å². The molecule has 2 aromatic rings. The van der Waals surface area contributed by atoms with Gasteiger partial charge < -0.3 is 15.2 Å². The number of aliphatic hydroxyl groups excluding tert-OH is 1. The van der Waals surface area contributed by atoms with Crippen molar-refractivity contribution in [2.75, 3.05) is 19.8 Å². The molecule has 0 amide bonds. The third-order valence-corrected chi connectivity index (χ3v) is 5.27. The van der Waals surface area contributed by atoms with Gasteiger partial charge in [-0.2, -0.15) is 0 Å². The molecule has 1 fully saturated rings. The molecule has 1 atom stereocenters. The van der Waals surface area contributed by atoms with Gasteiger partial charge in [0.1, 0.15) is 5.82 Å². The first kappa shape index (κ1) is 18.1. The van der Waals surface area contributed by atoms with Gasteiger partial charge in [0.2, 0.25) is 0 Å². The number of aliphatic hydroxyl groups is 1. The molecule has 3 nitrogen and oxygen atoms in total. The molecule has 3 rings (SSSR count). The molecule has 134 valence electrons. The fraction of sp³-hybridized carbons (Fsp3) is 0.429. The molecule has 0 saturated carbocycles. The van der Waals surface area contributed by atoms with E-state index in [-0.39, 0.29) is 23.9 Å². The van der Waals surface area contributed by atoms with Crippen LogP contribution in [0.5, 0.6) is 0 Å². The molecular weight excluding hydrogens is 317 g/mol. The van der Waals surface area contributed by atoms with E-state index >= 15 is 0 Å². The highest BCUT2D eigenvalue weighted by atomic mass is 19.1. The predicted molar refractivity (Wildman–Crippen MR) is 96.9 cm³/mol. The molecule has 1 aliphatic rings. The summed E-state index contributed by atoms with van der Waals surface area (Å²) in [6.07, 6.45) is 1.76. The molecular formula is C21H26FNO2. The largest absolute Gasteiger partial charge is 0.392 e. The first-order valence-electron chi connectivity index (χ1n) is 8.90. The Morgan fingerprint density at radius 2 is 1.92 bits per heavy atom. The molecule has 0 aromatic heterocycles. The van der Waals surface area contributed by atoms with Crippen molar-refractivity contribution in [1.82, 2.24) is 5.32 Å². The minimum atomic E-state index is -0.188. The molecule has 4 heteroatoms. The van der Waals surface area contributed by atoms with Crippen molar-refractivity contribution < 1.29 is 14.2 Å². The van der Waals surface area contributed by atoms with E-state index in [9.17, 15) is 9.50 Å². The number of hydrogen-bond acceptors (Lipinski definition) is 3. The van der Waals surface area contributed by atoms with Crippen LogP contribution in [0.25, 0.3) is 0 Å². The highest BCUT2D eigenvalue weighted by molar-refractivity contribution is 5.29. The third kappa shape index (κ3) is 4.27. The number of benzene rings is 2. The number of nitrogens with one attached hydrogen (secondary N) is 1. The van der Waals surface area contributed by atoms with Crippen LogP contribution in [0.2, 0.25) is 0 Å². The number of halogens is 1. The van der Waals surface area contributed by atoms with Gasteiger partial charge in [0, 0.05) is 31.2 Å². The highest BCUT2D eigenvalue weighted by Crippen LogP contribution is 2.35. The number of ether oxygens (including phenoxy) is 1. The Hall–Kier alpha value is -1.75. The minimum Gasteiger partial charge on any atom is -0.392 e. The van der Waals surface area contributed by atoms with Crippen LogP contribution in [0, 0.1) is 5.82 Å². The normalized spacial score (nSPS) is 18.0. The van der Waals surface area contributed by atoms with Gasteiger partial charge in [0.05, 0.1) is 6.61 Å². The van der Waals surface area contributed by atoms with Crippen LogP contribution < -0.4 is 5.32 Å². The van der Waals surface area contributed by atoms with Crippen molar-refractivity contribution in [3.8, 4) is 0 Å². The Bertz CT molecular complexity index is 698. The average Bonchev–Trinajstić information content (AvgIpc) is 2.67. The maximum absolute atomic E-state index is 13.8. The summed E-state index contributed by atoms with van der Waals surface area (Å²) in [6.45, 7) is 4.34. The predicted octanol–water partition coefficient (Wildman–Crippen LogP) is 3.72. The Balaban J connectivity index is 1.76. The fourth-order valence-corrected chi connectivity index (χ4v) is 3.58. The van der Waals surface area contributed by atoms with E-state index in [0.29, 0.717) is 13.2 Å². The first-order chi connectivity index (χ1) is 12.1. The molecule has 1 unspecified atom stereocenters. The van der Waals surface area contributed by atoms with Crippen LogP contribution in [-0.2, 0) is 16.8 Å². The Morgan fingerprint density at radius 3 is 2.64 bits per heavy atom. The molecule has 0 aliphatic carbocycles. The van der Waals surface area contributed by atoms with Crippen LogP contribution in [0.3, 0.4) is 0 Å². The van der Waals surface area contributed by atoms with Gasteiger partial charge in [-0.1, -0.05) is 36.4 Å². The second-order valence-electron chi connectivity index (χ2n) is 6.91. The van der Waals surface area contributed by atoms with Crippen LogP contribution >= 0.6 is 0 Å². The molecule has 1 saturated heterocycles. The summed E-state index contributed by atoms with van der Waals surface area (Å²) in [6, 6.07) is 15.1. The Labute approximate surface area is 148 Å². The van der Waals surface area contributed by atoms with Crippen molar-refractivity contribution in [1.29, 1.82) is 0 Å². The van der Waals surface area contributed by atoms with Crippen molar-refractivity contribution in [2.45, 2.75) is 37.8 Å². The van der Waals surface area contributed by atoms with Gasteiger partial charge >= 0.3 is 0 Å². The monoisotopic (exact) mass is 343 g/mol. The summed E-state index contributed by atoms with van der Waals surface area (Å²) in [4.78, 5) is 0. The van der Waals surface area contributed by atoms with Gasteiger partial charge in [-0.15, -0.1) is 0 Å². The second-order valence-corrected chi connectivity index (χ2v) is 6.91. The van der Waals surface area contributed by atoms with Gasteiger partial charge in [-0.05, 0) is 48.6 Å². The van der Waals surface area contributed by atoms with Gasteiger partial charge in [0.15, 0.2) is 0 Å². The molecule has 0 bridgehead atoms. The molecule has 0 spiro atoms. The van der Waals surface area contributed by atoms with Crippen LogP contribution in [0.4, 0.5) is 4.39 Å². The summed E-state index contributed by atoms with van der Waals surface area (Å²) in [5.41, 5.74) is 2.99. The van der Waals surface area contributed by atoms with Gasteiger partial charge in [-0.25, -0.2) is 4.39 Å². The van der Waals surface area contributed by atoms with Crippen LogP contribution in [0.1, 0.15) is 42.5 Å².